The normalized spacial score (nSPS) is 19.2. The molecule has 1 unspecified atom stereocenters. The Kier molecular flexibility index (Phi) is 4.51. The van der Waals surface area contributed by atoms with Crippen LogP contribution < -0.4 is 5.43 Å². The van der Waals surface area contributed by atoms with E-state index in [9.17, 15) is 4.39 Å². The molecule has 0 spiro atoms. The fourth-order valence-corrected chi connectivity index (χ4v) is 2.37. The van der Waals surface area contributed by atoms with Crippen LogP contribution in [0.3, 0.4) is 0 Å². The van der Waals surface area contributed by atoms with E-state index in [0.29, 0.717) is 0 Å². The maximum absolute atomic E-state index is 13.5. The van der Waals surface area contributed by atoms with E-state index in [0.717, 1.165) is 25.1 Å². The molecule has 0 amide bonds. The number of hydrazine groups is 1. The highest BCUT2D eigenvalue weighted by atomic mass is 19.1. The molecule has 17 heavy (non-hydrogen) atoms. The van der Waals surface area contributed by atoms with Gasteiger partial charge >= 0.3 is 0 Å². The molecule has 2 nitrogen and oxygen atoms in total. The quantitative estimate of drug-likeness (QED) is 0.864. The summed E-state index contributed by atoms with van der Waals surface area (Å²) < 4.78 is 13.5. The maximum atomic E-state index is 13.5. The predicted octanol–water partition coefficient (Wildman–Crippen LogP) is 2.75. The molecule has 0 saturated carbocycles. The molecule has 1 atom stereocenters. The van der Waals surface area contributed by atoms with Crippen molar-refractivity contribution >= 4 is 0 Å². The average Bonchev–Trinajstić information content (AvgIpc) is 2.33. The molecule has 0 aliphatic carbocycles. The molecular weight excluding hydrogens is 215 g/mol. The van der Waals surface area contributed by atoms with Crippen LogP contribution in [0.15, 0.2) is 24.3 Å². The lowest BCUT2D eigenvalue weighted by molar-refractivity contribution is 0.132. The second kappa shape index (κ2) is 6.12. The third kappa shape index (κ3) is 3.79. The summed E-state index contributed by atoms with van der Waals surface area (Å²) in [5, 5.41) is 2.27. The van der Waals surface area contributed by atoms with Gasteiger partial charge in [-0.15, -0.1) is 0 Å². The van der Waals surface area contributed by atoms with E-state index in [-0.39, 0.29) is 11.9 Å². The highest BCUT2D eigenvalue weighted by Gasteiger charge is 2.13. The van der Waals surface area contributed by atoms with Gasteiger partial charge in [-0.05, 0) is 37.8 Å². The molecule has 1 aromatic rings. The third-order valence-corrected chi connectivity index (χ3v) is 3.24. The smallest absolute Gasteiger partial charge is 0.126 e. The predicted molar refractivity (Wildman–Crippen MR) is 68.1 cm³/mol. The van der Waals surface area contributed by atoms with Crippen molar-refractivity contribution in [1.82, 2.24) is 10.4 Å². The summed E-state index contributed by atoms with van der Waals surface area (Å²) in [5.74, 6) is -0.0974. The molecule has 1 aliphatic rings. The van der Waals surface area contributed by atoms with E-state index in [1.54, 1.807) is 6.07 Å². The fraction of sp³-hybridized carbons (Fsp3) is 0.571. The van der Waals surface area contributed by atoms with Gasteiger partial charge in [0.25, 0.3) is 0 Å². The first-order chi connectivity index (χ1) is 8.25. The molecule has 0 aromatic heterocycles. The van der Waals surface area contributed by atoms with Crippen molar-refractivity contribution in [2.75, 3.05) is 13.1 Å². The minimum atomic E-state index is -0.0974. The van der Waals surface area contributed by atoms with Gasteiger partial charge < -0.3 is 0 Å². The number of hydrogen-bond acceptors (Lipinski definition) is 2. The average molecular weight is 236 g/mol. The number of hydrogen-bond donors (Lipinski definition) is 1. The summed E-state index contributed by atoms with van der Waals surface area (Å²) in [5.41, 5.74) is 4.26. The molecule has 3 heteroatoms. The van der Waals surface area contributed by atoms with Crippen molar-refractivity contribution in [3.8, 4) is 0 Å². The third-order valence-electron chi connectivity index (χ3n) is 3.24. The number of halogens is 1. The summed E-state index contributed by atoms with van der Waals surface area (Å²) in [7, 11) is 0. The number of rotatable bonds is 4. The highest BCUT2D eigenvalue weighted by molar-refractivity contribution is 5.18. The van der Waals surface area contributed by atoms with Gasteiger partial charge in [-0.1, -0.05) is 24.6 Å². The minimum absolute atomic E-state index is 0.0974. The van der Waals surface area contributed by atoms with E-state index in [4.69, 9.17) is 0 Å². The molecule has 0 bridgehead atoms. The Hall–Kier alpha value is -0.930. The molecule has 2 rings (SSSR count). The summed E-state index contributed by atoms with van der Waals surface area (Å²) in [6, 6.07) is 7.31. The van der Waals surface area contributed by atoms with Crippen molar-refractivity contribution in [2.45, 2.75) is 38.6 Å². The summed E-state index contributed by atoms with van der Waals surface area (Å²) in [6.45, 7) is 4.34. The zero-order valence-corrected chi connectivity index (χ0v) is 10.5. The Labute approximate surface area is 103 Å². The van der Waals surface area contributed by atoms with Crippen LogP contribution in [0.2, 0.25) is 0 Å². The molecule has 94 valence electrons. The van der Waals surface area contributed by atoms with Crippen LogP contribution in [-0.4, -0.2) is 24.1 Å². The summed E-state index contributed by atoms with van der Waals surface area (Å²) in [6.07, 6.45) is 4.60. The lowest BCUT2D eigenvalue weighted by Crippen LogP contribution is -2.46. The van der Waals surface area contributed by atoms with Crippen LogP contribution in [0.25, 0.3) is 0 Å². The lowest BCUT2D eigenvalue weighted by atomic mass is 10.1. The zero-order valence-electron chi connectivity index (χ0n) is 10.5. The van der Waals surface area contributed by atoms with E-state index < -0.39 is 0 Å². The summed E-state index contributed by atoms with van der Waals surface area (Å²) >= 11 is 0. The molecule has 1 aromatic carbocycles. The van der Waals surface area contributed by atoms with Crippen LogP contribution in [0, 0.1) is 5.82 Å². The monoisotopic (exact) mass is 236 g/mol. The molecule has 1 aliphatic heterocycles. The minimum Gasteiger partial charge on any atom is -0.252 e. The van der Waals surface area contributed by atoms with Gasteiger partial charge in [0.1, 0.15) is 5.82 Å². The largest absolute Gasteiger partial charge is 0.252 e. The van der Waals surface area contributed by atoms with Gasteiger partial charge in [0.05, 0.1) is 0 Å². The first-order valence-corrected chi connectivity index (χ1v) is 6.50. The molecule has 1 fully saturated rings. The molecule has 1 N–H and O–H groups in total. The standard InChI is InChI=1S/C14H21FN2/c1-12(16-17-9-5-2-6-10-17)11-13-7-3-4-8-14(13)15/h3-4,7-8,12,16H,2,5-6,9-11H2,1H3. The van der Waals surface area contributed by atoms with Gasteiger partial charge in [0.2, 0.25) is 0 Å². The van der Waals surface area contributed by atoms with Crippen LogP contribution in [0.5, 0.6) is 0 Å². The van der Waals surface area contributed by atoms with Crippen LogP contribution in [-0.2, 0) is 6.42 Å². The maximum Gasteiger partial charge on any atom is 0.126 e. The molecular formula is C14H21FN2. The number of nitrogens with zero attached hydrogens (tertiary/aromatic N) is 1. The van der Waals surface area contributed by atoms with Gasteiger partial charge in [0, 0.05) is 19.1 Å². The second-order valence-corrected chi connectivity index (χ2v) is 4.87. The Morgan fingerprint density at radius 2 is 1.94 bits per heavy atom. The zero-order chi connectivity index (χ0) is 12.1. The van der Waals surface area contributed by atoms with Gasteiger partial charge in [-0.2, -0.15) is 0 Å². The van der Waals surface area contributed by atoms with Crippen LogP contribution in [0.1, 0.15) is 31.7 Å². The first kappa shape index (κ1) is 12.5. The van der Waals surface area contributed by atoms with Crippen LogP contribution >= 0.6 is 0 Å². The van der Waals surface area contributed by atoms with E-state index in [2.05, 4.69) is 17.4 Å². The Balaban J connectivity index is 1.84. The van der Waals surface area contributed by atoms with Crippen molar-refractivity contribution in [3.63, 3.8) is 0 Å². The Morgan fingerprint density at radius 1 is 1.24 bits per heavy atom. The Bertz CT molecular complexity index is 348. The highest BCUT2D eigenvalue weighted by Crippen LogP contribution is 2.11. The van der Waals surface area contributed by atoms with E-state index in [1.807, 2.05) is 12.1 Å². The van der Waals surface area contributed by atoms with E-state index in [1.165, 1.54) is 25.3 Å². The molecule has 0 radical (unpaired) electrons. The van der Waals surface area contributed by atoms with Gasteiger partial charge in [-0.25, -0.2) is 9.40 Å². The number of nitrogens with one attached hydrogen (secondary N) is 1. The lowest BCUT2D eigenvalue weighted by Gasteiger charge is -2.30. The van der Waals surface area contributed by atoms with Crippen molar-refractivity contribution < 1.29 is 4.39 Å². The number of piperidine rings is 1. The Morgan fingerprint density at radius 3 is 2.65 bits per heavy atom. The second-order valence-electron chi connectivity index (χ2n) is 4.87. The van der Waals surface area contributed by atoms with Crippen molar-refractivity contribution in [1.29, 1.82) is 0 Å². The van der Waals surface area contributed by atoms with Gasteiger partial charge in [-0.3, -0.25) is 5.43 Å². The fourth-order valence-electron chi connectivity index (χ4n) is 2.37. The number of benzene rings is 1. The van der Waals surface area contributed by atoms with Crippen molar-refractivity contribution in [3.05, 3.63) is 35.6 Å². The topological polar surface area (TPSA) is 15.3 Å². The molecule has 1 saturated heterocycles. The summed E-state index contributed by atoms with van der Waals surface area (Å²) in [4.78, 5) is 0. The van der Waals surface area contributed by atoms with Crippen molar-refractivity contribution in [2.24, 2.45) is 0 Å². The van der Waals surface area contributed by atoms with E-state index >= 15 is 0 Å². The van der Waals surface area contributed by atoms with Gasteiger partial charge in [0.15, 0.2) is 0 Å². The van der Waals surface area contributed by atoms with Crippen LogP contribution in [0.4, 0.5) is 4.39 Å². The first-order valence-electron chi connectivity index (χ1n) is 6.50. The molecule has 1 heterocycles. The SMILES string of the molecule is CC(Cc1ccccc1F)NN1CCCCC1.